The lowest BCUT2D eigenvalue weighted by Crippen LogP contribution is -2.53. The molecule has 1 atom stereocenters. The molecule has 1 aliphatic rings. The third kappa shape index (κ3) is 4.41. The Morgan fingerprint density at radius 1 is 1.43 bits per heavy atom. The van der Waals surface area contributed by atoms with E-state index >= 15 is 0 Å². The first-order chi connectivity index (χ1) is 10.2. The molecule has 1 aromatic rings. The van der Waals surface area contributed by atoms with Gasteiger partial charge in [0.1, 0.15) is 0 Å². The minimum atomic E-state index is 0.0561. The van der Waals surface area contributed by atoms with E-state index in [9.17, 15) is 0 Å². The number of nitrogens with two attached hydrogens (primary N) is 1. The third-order valence-corrected chi connectivity index (χ3v) is 4.00. The highest BCUT2D eigenvalue weighted by molar-refractivity contribution is 5.85. The fraction of sp³-hybridized carbons (Fsp3) is 0.600. The van der Waals surface area contributed by atoms with Gasteiger partial charge in [0.2, 0.25) is 0 Å². The third-order valence-electron chi connectivity index (χ3n) is 4.00. The summed E-state index contributed by atoms with van der Waals surface area (Å²) in [6.45, 7) is 6.93. The number of amidine groups is 1. The van der Waals surface area contributed by atoms with E-state index in [0.717, 1.165) is 45.6 Å². The molecule has 0 saturated carbocycles. The lowest BCUT2D eigenvalue weighted by atomic mass is 10.1. The van der Waals surface area contributed by atoms with E-state index in [2.05, 4.69) is 32.9 Å². The first-order valence-corrected chi connectivity index (χ1v) is 7.57. The van der Waals surface area contributed by atoms with Crippen molar-refractivity contribution in [2.75, 3.05) is 26.2 Å². The van der Waals surface area contributed by atoms with Gasteiger partial charge in [0.25, 0.3) is 0 Å². The maximum Gasteiger partial charge on any atom is 0.156 e. The van der Waals surface area contributed by atoms with Gasteiger partial charge < -0.3 is 10.9 Å². The molecule has 6 heteroatoms. The maximum atomic E-state index is 8.93. The molecule has 1 fully saturated rings. The van der Waals surface area contributed by atoms with Gasteiger partial charge in [0.15, 0.2) is 5.84 Å². The number of rotatable bonds is 6. The second-order valence-electron chi connectivity index (χ2n) is 5.50. The Labute approximate surface area is 126 Å². The van der Waals surface area contributed by atoms with Gasteiger partial charge >= 0.3 is 0 Å². The van der Waals surface area contributed by atoms with Crippen LogP contribution in [-0.2, 0) is 6.54 Å². The second-order valence-corrected chi connectivity index (χ2v) is 5.50. The Kier molecular flexibility index (Phi) is 5.95. The van der Waals surface area contributed by atoms with E-state index in [4.69, 9.17) is 10.9 Å². The van der Waals surface area contributed by atoms with Gasteiger partial charge in [-0.3, -0.25) is 14.8 Å². The molecule has 21 heavy (non-hydrogen) atoms. The highest BCUT2D eigenvalue weighted by Crippen LogP contribution is 2.13. The van der Waals surface area contributed by atoms with Crippen molar-refractivity contribution in [1.82, 2.24) is 14.8 Å². The predicted molar refractivity (Wildman–Crippen MR) is 83.2 cm³/mol. The summed E-state index contributed by atoms with van der Waals surface area (Å²) < 4.78 is 0. The first-order valence-electron chi connectivity index (χ1n) is 7.57. The Hall–Kier alpha value is -1.66. The van der Waals surface area contributed by atoms with Crippen LogP contribution >= 0.6 is 0 Å². The molecule has 0 radical (unpaired) electrons. The van der Waals surface area contributed by atoms with E-state index in [1.165, 1.54) is 5.56 Å². The van der Waals surface area contributed by atoms with E-state index < -0.39 is 0 Å². The van der Waals surface area contributed by atoms with Crippen molar-refractivity contribution in [2.24, 2.45) is 10.9 Å². The van der Waals surface area contributed by atoms with Gasteiger partial charge in [0.05, 0.1) is 6.04 Å². The molecule has 6 nitrogen and oxygen atoms in total. The topological polar surface area (TPSA) is 78.0 Å². The Morgan fingerprint density at radius 2 is 2.19 bits per heavy atom. The zero-order valence-electron chi connectivity index (χ0n) is 12.6. The van der Waals surface area contributed by atoms with E-state index in [-0.39, 0.29) is 6.04 Å². The molecule has 1 unspecified atom stereocenters. The van der Waals surface area contributed by atoms with Crippen LogP contribution in [-0.4, -0.2) is 58.0 Å². The fourth-order valence-corrected chi connectivity index (χ4v) is 2.84. The number of nitrogens with zero attached hydrogens (tertiary/aromatic N) is 4. The van der Waals surface area contributed by atoms with Crippen molar-refractivity contribution in [3.8, 4) is 0 Å². The van der Waals surface area contributed by atoms with Gasteiger partial charge in [-0.05, 0) is 18.1 Å². The molecule has 0 bridgehead atoms. The molecule has 2 rings (SSSR count). The quantitative estimate of drug-likeness (QED) is 0.355. The van der Waals surface area contributed by atoms with Crippen molar-refractivity contribution in [3.05, 3.63) is 30.1 Å². The van der Waals surface area contributed by atoms with E-state index in [0.29, 0.717) is 5.84 Å². The van der Waals surface area contributed by atoms with Crippen LogP contribution in [0.4, 0.5) is 0 Å². The average Bonchev–Trinajstić information content (AvgIpc) is 2.54. The van der Waals surface area contributed by atoms with Gasteiger partial charge in [-0.15, -0.1) is 0 Å². The molecule has 1 saturated heterocycles. The monoisotopic (exact) mass is 291 g/mol. The van der Waals surface area contributed by atoms with E-state index in [1.54, 1.807) is 6.20 Å². The molecule has 116 valence electrons. The Bertz CT molecular complexity index is 443. The van der Waals surface area contributed by atoms with Crippen LogP contribution < -0.4 is 5.73 Å². The normalized spacial score (nSPS) is 19.6. The van der Waals surface area contributed by atoms with Gasteiger partial charge in [-0.25, -0.2) is 0 Å². The summed E-state index contributed by atoms with van der Waals surface area (Å²) in [6, 6.07) is 4.14. The highest BCUT2D eigenvalue weighted by Gasteiger charge is 2.26. The standard InChI is InChI=1S/C15H25N5O/c1-2-4-14(15(16)18-21)20-9-7-19(8-10-20)12-13-5-3-6-17-11-13/h3,5-6,11,14,21H,2,4,7-10,12H2,1H3,(H2,16,18). The van der Waals surface area contributed by atoms with Gasteiger partial charge in [-0.2, -0.15) is 0 Å². The van der Waals surface area contributed by atoms with Crippen molar-refractivity contribution in [2.45, 2.75) is 32.4 Å². The summed E-state index contributed by atoms with van der Waals surface area (Å²) in [5.74, 6) is 0.331. The van der Waals surface area contributed by atoms with Gasteiger partial charge in [0, 0.05) is 45.1 Å². The Balaban J connectivity index is 1.87. The molecular weight excluding hydrogens is 266 g/mol. The molecule has 3 N–H and O–H groups in total. The average molecular weight is 291 g/mol. The number of oxime groups is 1. The van der Waals surface area contributed by atoms with Crippen LogP contribution in [0.2, 0.25) is 0 Å². The molecule has 2 heterocycles. The minimum Gasteiger partial charge on any atom is -0.409 e. The van der Waals surface area contributed by atoms with Crippen LogP contribution in [0.3, 0.4) is 0 Å². The number of aromatic nitrogens is 1. The minimum absolute atomic E-state index is 0.0561. The molecule has 0 aliphatic carbocycles. The lowest BCUT2D eigenvalue weighted by molar-refractivity contribution is 0.108. The zero-order chi connectivity index (χ0) is 15.1. The number of pyridine rings is 1. The molecule has 0 spiro atoms. The summed E-state index contributed by atoms with van der Waals surface area (Å²) in [7, 11) is 0. The summed E-state index contributed by atoms with van der Waals surface area (Å²) in [5, 5.41) is 12.1. The lowest BCUT2D eigenvalue weighted by Gasteiger charge is -2.38. The maximum absolute atomic E-state index is 8.93. The van der Waals surface area contributed by atoms with E-state index in [1.807, 2.05) is 12.3 Å². The summed E-state index contributed by atoms with van der Waals surface area (Å²) in [5.41, 5.74) is 7.07. The first kappa shape index (κ1) is 15.7. The highest BCUT2D eigenvalue weighted by atomic mass is 16.4. The summed E-state index contributed by atoms with van der Waals surface area (Å²) >= 11 is 0. The predicted octanol–water partition coefficient (Wildman–Crippen LogP) is 1.11. The molecule has 1 aliphatic heterocycles. The SMILES string of the molecule is CCCC(C(N)=NO)N1CCN(Cc2cccnc2)CC1. The van der Waals surface area contributed by atoms with Crippen LogP contribution in [0.25, 0.3) is 0 Å². The number of piperazine rings is 1. The summed E-state index contributed by atoms with van der Waals surface area (Å²) in [4.78, 5) is 8.89. The van der Waals surface area contributed by atoms with Crippen molar-refractivity contribution in [3.63, 3.8) is 0 Å². The van der Waals surface area contributed by atoms with Crippen LogP contribution in [0, 0.1) is 0 Å². The van der Waals surface area contributed by atoms with Crippen LogP contribution in [0.1, 0.15) is 25.3 Å². The molecule has 0 amide bonds. The number of hydrogen-bond acceptors (Lipinski definition) is 5. The Morgan fingerprint density at radius 3 is 2.76 bits per heavy atom. The second kappa shape index (κ2) is 7.95. The van der Waals surface area contributed by atoms with Crippen molar-refractivity contribution >= 4 is 5.84 Å². The fourth-order valence-electron chi connectivity index (χ4n) is 2.84. The molecule has 0 aromatic carbocycles. The summed E-state index contributed by atoms with van der Waals surface area (Å²) in [6.07, 6.45) is 5.67. The van der Waals surface area contributed by atoms with Crippen molar-refractivity contribution < 1.29 is 5.21 Å². The zero-order valence-corrected chi connectivity index (χ0v) is 12.6. The number of hydrogen-bond donors (Lipinski definition) is 2. The molecule has 1 aromatic heterocycles. The largest absolute Gasteiger partial charge is 0.409 e. The molecular formula is C15H25N5O. The smallest absolute Gasteiger partial charge is 0.156 e. The van der Waals surface area contributed by atoms with Gasteiger partial charge in [-0.1, -0.05) is 24.6 Å². The van der Waals surface area contributed by atoms with Crippen LogP contribution in [0.15, 0.2) is 29.7 Å². The van der Waals surface area contributed by atoms with Crippen molar-refractivity contribution in [1.29, 1.82) is 0 Å². The van der Waals surface area contributed by atoms with Crippen LogP contribution in [0.5, 0.6) is 0 Å².